The van der Waals surface area contributed by atoms with Gasteiger partial charge in [0.25, 0.3) is 0 Å². The Labute approximate surface area is 164 Å². The third kappa shape index (κ3) is 3.90. The average molecular weight is 392 g/mol. The highest BCUT2D eigenvalue weighted by molar-refractivity contribution is 6.30. The summed E-state index contributed by atoms with van der Waals surface area (Å²) in [5, 5.41) is 11.2. The zero-order valence-electron chi connectivity index (χ0n) is 14.7. The Morgan fingerprint density at radius 1 is 1.12 bits per heavy atom. The maximum atomic E-state index is 12.8. The Balaban J connectivity index is 2.09. The minimum absolute atomic E-state index is 0.0470. The van der Waals surface area contributed by atoms with Crippen molar-refractivity contribution in [3.63, 3.8) is 0 Å². The van der Waals surface area contributed by atoms with Gasteiger partial charge in [-0.3, -0.25) is 4.79 Å². The van der Waals surface area contributed by atoms with E-state index in [2.05, 4.69) is 6.07 Å². The van der Waals surface area contributed by atoms with Crippen LogP contribution in [0, 0.1) is 0 Å². The van der Waals surface area contributed by atoms with Gasteiger partial charge in [0.15, 0.2) is 0 Å². The second kappa shape index (κ2) is 8.43. The van der Waals surface area contributed by atoms with Crippen LogP contribution in [0.25, 0.3) is 0 Å². The summed E-state index contributed by atoms with van der Waals surface area (Å²) in [6.07, 6.45) is 1.93. The molecule has 1 N–H and O–H groups in total. The van der Waals surface area contributed by atoms with Crippen LogP contribution >= 0.6 is 23.2 Å². The fraction of sp³-hybridized carbons (Fsp3) is 0.381. The molecule has 1 fully saturated rings. The molecule has 5 heteroatoms. The molecule has 0 saturated carbocycles. The molecule has 0 aromatic heterocycles. The summed E-state index contributed by atoms with van der Waals surface area (Å²) < 4.78 is 0. The van der Waals surface area contributed by atoms with E-state index in [4.69, 9.17) is 23.2 Å². The van der Waals surface area contributed by atoms with Crippen LogP contribution < -0.4 is 0 Å². The molecule has 2 aromatic rings. The van der Waals surface area contributed by atoms with Crippen LogP contribution in [0.2, 0.25) is 10.0 Å². The van der Waals surface area contributed by atoms with E-state index in [1.165, 1.54) is 0 Å². The first-order chi connectivity index (χ1) is 12.5. The summed E-state index contributed by atoms with van der Waals surface area (Å²) in [6.45, 7) is 1.95. The Morgan fingerprint density at radius 2 is 1.85 bits per heavy atom. The third-order valence-electron chi connectivity index (χ3n) is 5.20. The van der Waals surface area contributed by atoms with Crippen LogP contribution in [-0.2, 0) is 4.79 Å². The van der Waals surface area contributed by atoms with E-state index in [0.717, 1.165) is 17.5 Å². The molecule has 1 saturated heterocycles. The highest BCUT2D eigenvalue weighted by Gasteiger charge is 2.40. The van der Waals surface area contributed by atoms with Gasteiger partial charge in [-0.05, 0) is 48.2 Å². The number of halogens is 2. The number of hydrogen-bond acceptors (Lipinski definition) is 2. The van der Waals surface area contributed by atoms with Crippen molar-refractivity contribution < 1.29 is 9.90 Å². The van der Waals surface area contributed by atoms with Crippen molar-refractivity contribution in [3.05, 3.63) is 69.7 Å². The normalized spacial score (nSPS) is 21.7. The van der Waals surface area contributed by atoms with E-state index in [1.54, 1.807) is 0 Å². The minimum Gasteiger partial charge on any atom is -0.394 e. The number of hydrogen-bond donors (Lipinski definition) is 1. The lowest BCUT2D eigenvalue weighted by Gasteiger charge is -2.45. The quantitative estimate of drug-likeness (QED) is 0.759. The highest BCUT2D eigenvalue weighted by Crippen LogP contribution is 2.44. The number of carbonyl (C=O) groups excluding carboxylic acids is 1. The second-order valence-electron chi connectivity index (χ2n) is 6.74. The van der Waals surface area contributed by atoms with E-state index >= 15 is 0 Å². The molecule has 0 radical (unpaired) electrons. The van der Waals surface area contributed by atoms with Crippen molar-refractivity contribution in [1.29, 1.82) is 0 Å². The van der Waals surface area contributed by atoms with E-state index in [1.807, 2.05) is 54.3 Å². The first kappa shape index (κ1) is 19.2. The largest absolute Gasteiger partial charge is 0.394 e. The van der Waals surface area contributed by atoms with Gasteiger partial charge in [-0.2, -0.15) is 0 Å². The summed E-state index contributed by atoms with van der Waals surface area (Å²) in [5.74, 6) is 0.206. The Bertz CT molecular complexity index is 759. The van der Waals surface area contributed by atoms with E-state index < -0.39 is 0 Å². The molecule has 0 aliphatic carbocycles. The highest BCUT2D eigenvalue weighted by atomic mass is 35.5. The van der Waals surface area contributed by atoms with Crippen LogP contribution in [0.15, 0.2) is 48.5 Å². The van der Waals surface area contributed by atoms with Crippen LogP contribution in [0.5, 0.6) is 0 Å². The van der Waals surface area contributed by atoms with Gasteiger partial charge in [0.05, 0.1) is 18.7 Å². The molecule has 26 heavy (non-hydrogen) atoms. The molecule has 0 bridgehead atoms. The van der Waals surface area contributed by atoms with Gasteiger partial charge < -0.3 is 10.0 Å². The molecule has 1 aliphatic heterocycles. The number of rotatable bonds is 5. The molecule has 1 amide bonds. The van der Waals surface area contributed by atoms with Crippen molar-refractivity contribution in [3.8, 4) is 0 Å². The van der Waals surface area contributed by atoms with Crippen LogP contribution in [-0.4, -0.2) is 28.6 Å². The van der Waals surface area contributed by atoms with Crippen molar-refractivity contribution in [2.24, 2.45) is 0 Å². The van der Waals surface area contributed by atoms with Crippen LogP contribution in [0.4, 0.5) is 0 Å². The monoisotopic (exact) mass is 391 g/mol. The lowest BCUT2D eigenvalue weighted by Crippen LogP contribution is -2.49. The lowest BCUT2D eigenvalue weighted by atomic mass is 9.79. The summed E-state index contributed by atoms with van der Waals surface area (Å²) in [7, 11) is 0. The predicted molar refractivity (Wildman–Crippen MR) is 106 cm³/mol. The number of amides is 1. The van der Waals surface area contributed by atoms with Gasteiger partial charge in [0.2, 0.25) is 5.91 Å². The maximum absolute atomic E-state index is 12.8. The Kier molecular flexibility index (Phi) is 6.23. The third-order valence-corrected chi connectivity index (χ3v) is 5.69. The van der Waals surface area contributed by atoms with Gasteiger partial charge in [0, 0.05) is 22.4 Å². The molecule has 138 valence electrons. The van der Waals surface area contributed by atoms with E-state index in [9.17, 15) is 9.90 Å². The molecule has 0 spiro atoms. The molecule has 1 heterocycles. The van der Waals surface area contributed by atoms with Gasteiger partial charge in [-0.25, -0.2) is 0 Å². The fourth-order valence-electron chi connectivity index (χ4n) is 3.90. The summed E-state index contributed by atoms with van der Waals surface area (Å²) >= 11 is 12.3. The smallest absolute Gasteiger partial charge is 0.223 e. The molecule has 3 atom stereocenters. The van der Waals surface area contributed by atoms with Gasteiger partial charge in [0.1, 0.15) is 0 Å². The minimum atomic E-state index is -0.204. The van der Waals surface area contributed by atoms with Crippen molar-refractivity contribution in [2.45, 2.75) is 44.2 Å². The standard InChI is InChI=1S/C21H23Cl2NO2/c1-2-18(13-25)24-20(26)11-10-19(15-4-3-5-17(23)12-15)21(24)14-6-8-16(22)9-7-14/h3-9,12,18-19,21,25H,2,10-11,13H2,1H3/t18?,19?,21-/m1/s1. The molecule has 1 aliphatic rings. The summed E-state index contributed by atoms with van der Waals surface area (Å²) in [4.78, 5) is 14.7. The number of carbonyl (C=O) groups is 1. The van der Waals surface area contributed by atoms with Crippen LogP contribution in [0.3, 0.4) is 0 Å². The number of aliphatic hydroxyl groups excluding tert-OH is 1. The number of likely N-dealkylation sites (tertiary alicyclic amines) is 1. The topological polar surface area (TPSA) is 40.5 Å². The Morgan fingerprint density at radius 3 is 2.46 bits per heavy atom. The molecular weight excluding hydrogens is 369 g/mol. The maximum Gasteiger partial charge on any atom is 0.223 e. The predicted octanol–water partition coefficient (Wildman–Crippen LogP) is 5.21. The molecular formula is C21H23Cl2NO2. The van der Waals surface area contributed by atoms with Crippen molar-refractivity contribution in [1.82, 2.24) is 4.90 Å². The molecule has 2 unspecified atom stereocenters. The zero-order chi connectivity index (χ0) is 18.7. The van der Waals surface area contributed by atoms with Crippen molar-refractivity contribution >= 4 is 29.1 Å². The van der Waals surface area contributed by atoms with E-state index in [0.29, 0.717) is 22.9 Å². The second-order valence-corrected chi connectivity index (χ2v) is 7.62. The van der Waals surface area contributed by atoms with E-state index in [-0.39, 0.29) is 30.5 Å². The van der Waals surface area contributed by atoms with Crippen LogP contribution in [0.1, 0.15) is 49.3 Å². The lowest BCUT2D eigenvalue weighted by molar-refractivity contribution is -0.142. The number of aliphatic hydroxyl groups is 1. The van der Waals surface area contributed by atoms with Crippen molar-refractivity contribution in [2.75, 3.05) is 6.61 Å². The first-order valence-corrected chi connectivity index (χ1v) is 9.73. The zero-order valence-corrected chi connectivity index (χ0v) is 16.2. The summed E-state index contributed by atoms with van der Waals surface area (Å²) in [6, 6.07) is 15.1. The molecule has 3 nitrogen and oxygen atoms in total. The number of benzene rings is 2. The molecule has 2 aromatic carbocycles. The SMILES string of the molecule is CCC(CO)N1C(=O)CCC(c2cccc(Cl)c2)[C@H]1c1ccc(Cl)cc1. The molecule has 3 rings (SSSR count). The van der Waals surface area contributed by atoms with Gasteiger partial charge in [-0.15, -0.1) is 0 Å². The first-order valence-electron chi connectivity index (χ1n) is 8.98. The summed E-state index contributed by atoms with van der Waals surface area (Å²) in [5.41, 5.74) is 2.14. The number of nitrogens with zero attached hydrogens (tertiary/aromatic N) is 1. The fourth-order valence-corrected chi connectivity index (χ4v) is 4.22. The number of piperidine rings is 1. The Hall–Kier alpha value is -1.55. The van der Waals surface area contributed by atoms with Gasteiger partial charge >= 0.3 is 0 Å². The van der Waals surface area contributed by atoms with Gasteiger partial charge in [-0.1, -0.05) is 54.4 Å². The average Bonchev–Trinajstić information content (AvgIpc) is 2.64.